The Labute approximate surface area is 251 Å². The van der Waals surface area contributed by atoms with Crippen LogP contribution in [0, 0.1) is 17.2 Å². The number of rotatable bonds is 7. The van der Waals surface area contributed by atoms with E-state index in [0.717, 1.165) is 36.4 Å². The summed E-state index contributed by atoms with van der Waals surface area (Å²) in [6.45, 7) is 4.66. The number of thiol groups is 1. The highest BCUT2D eigenvalue weighted by Gasteiger charge is 2.34. The molecule has 2 aromatic carbocycles. The number of nitriles is 1. The third-order valence-electron chi connectivity index (χ3n) is 6.54. The minimum Gasteiger partial charge on any atom is -0.453 e. The first-order valence-corrected chi connectivity index (χ1v) is 14.3. The number of halogens is 3. The monoisotopic (exact) mass is 611 g/mol. The number of amidine groups is 1. The molecule has 1 N–H and O–H groups in total. The molecular formula is C30H28F3N5O2S2. The number of carbonyl (C=O) groups excluding carboxylic acids is 1. The van der Waals surface area contributed by atoms with Crippen LogP contribution in [0.15, 0.2) is 86.7 Å². The third-order valence-corrected chi connectivity index (χ3v) is 7.85. The summed E-state index contributed by atoms with van der Waals surface area (Å²) < 4.78 is 47.3. The van der Waals surface area contributed by atoms with Gasteiger partial charge in [-0.1, -0.05) is 30.0 Å². The summed E-state index contributed by atoms with van der Waals surface area (Å²) in [6, 6.07) is 15.7. The van der Waals surface area contributed by atoms with Crippen LogP contribution in [-0.4, -0.2) is 34.7 Å². The van der Waals surface area contributed by atoms with Crippen molar-refractivity contribution in [1.82, 2.24) is 15.2 Å². The fourth-order valence-corrected chi connectivity index (χ4v) is 5.65. The summed E-state index contributed by atoms with van der Waals surface area (Å²) in [5.41, 5.74) is -0.120. The van der Waals surface area contributed by atoms with Gasteiger partial charge in [-0.2, -0.15) is 18.4 Å². The van der Waals surface area contributed by atoms with E-state index < -0.39 is 11.7 Å². The number of aromatic nitrogens is 1. The topological polar surface area (TPSA) is 90.6 Å². The van der Waals surface area contributed by atoms with Gasteiger partial charge in [-0.15, -0.1) is 12.6 Å². The molecule has 0 bridgehead atoms. The van der Waals surface area contributed by atoms with E-state index in [4.69, 9.17) is 10.00 Å². The number of benzene rings is 2. The molecule has 0 atom stereocenters. The highest BCUT2D eigenvalue weighted by Crippen LogP contribution is 2.42. The average Bonchev–Trinajstić information content (AvgIpc) is 2.97. The van der Waals surface area contributed by atoms with E-state index in [9.17, 15) is 18.0 Å². The summed E-state index contributed by atoms with van der Waals surface area (Å²) in [5.74, 6) is 1.73. The molecule has 1 amide bonds. The van der Waals surface area contributed by atoms with Crippen molar-refractivity contribution in [1.29, 1.82) is 5.26 Å². The van der Waals surface area contributed by atoms with E-state index in [2.05, 4.69) is 27.9 Å². The number of allylic oxidation sites excluding steroid dienone is 1. The van der Waals surface area contributed by atoms with Crippen molar-refractivity contribution in [2.45, 2.75) is 42.7 Å². The Morgan fingerprint density at radius 1 is 1.19 bits per heavy atom. The van der Waals surface area contributed by atoms with Gasteiger partial charge >= 0.3 is 6.18 Å². The van der Waals surface area contributed by atoms with Crippen molar-refractivity contribution in [3.63, 3.8) is 0 Å². The van der Waals surface area contributed by atoms with Gasteiger partial charge in [-0.3, -0.25) is 4.79 Å². The molecule has 0 unspecified atom stereocenters. The lowest BCUT2D eigenvalue weighted by atomic mass is 9.94. The molecule has 7 nitrogen and oxygen atoms in total. The maximum absolute atomic E-state index is 13.7. The van der Waals surface area contributed by atoms with Gasteiger partial charge in [0.25, 0.3) is 0 Å². The molecule has 42 heavy (non-hydrogen) atoms. The molecule has 1 aliphatic heterocycles. The molecule has 1 aliphatic rings. The number of ether oxygens (including phenoxy) is 1. The number of piperidine rings is 1. The second-order valence-corrected chi connectivity index (χ2v) is 10.9. The Morgan fingerprint density at radius 3 is 2.52 bits per heavy atom. The minimum atomic E-state index is -4.64. The summed E-state index contributed by atoms with van der Waals surface area (Å²) >= 11 is 5.24. The standard InChI is InChI=1S/C30H28F3N5O2S2/c1-19(36-26(18-41)22-10-12-38(13-11-22)20(2)39)37-29-27(40-23-6-4-3-5-7-23)15-24(17-35-29)42-28-9-8-21(16-34)14-25(28)30(31,32)33/h3-9,14-15,17-18,22,41H,10-13H2,1-2H3,(H,35,36,37)/b26-18-. The van der Waals surface area contributed by atoms with Crippen LogP contribution in [0.5, 0.6) is 11.5 Å². The highest BCUT2D eigenvalue weighted by atomic mass is 32.2. The number of nitrogens with one attached hydrogen (secondary N) is 1. The van der Waals surface area contributed by atoms with Gasteiger partial charge in [0.1, 0.15) is 11.6 Å². The van der Waals surface area contributed by atoms with Crippen LogP contribution < -0.4 is 10.1 Å². The number of hydrogen-bond acceptors (Lipinski definition) is 7. The summed E-state index contributed by atoms with van der Waals surface area (Å²) in [4.78, 5) is 22.9. The third kappa shape index (κ3) is 8.08. The molecule has 0 saturated carbocycles. The molecule has 0 spiro atoms. The summed E-state index contributed by atoms with van der Waals surface area (Å²) in [6.07, 6.45) is -1.64. The van der Waals surface area contributed by atoms with Crippen molar-refractivity contribution in [2.24, 2.45) is 10.9 Å². The van der Waals surface area contributed by atoms with Gasteiger partial charge in [0.2, 0.25) is 5.91 Å². The van der Waals surface area contributed by atoms with Crippen LogP contribution in [-0.2, 0) is 11.0 Å². The van der Waals surface area contributed by atoms with Crippen molar-refractivity contribution in [3.8, 4) is 17.6 Å². The van der Waals surface area contributed by atoms with Crippen LogP contribution in [0.4, 0.5) is 19.0 Å². The molecule has 12 heteroatoms. The number of likely N-dealkylation sites (tertiary alicyclic amines) is 1. The summed E-state index contributed by atoms with van der Waals surface area (Å²) in [7, 11) is 0. The van der Waals surface area contributed by atoms with Gasteiger partial charge in [-0.25, -0.2) is 9.98 Å². The second-order valence-electron chi connectivity index (χ2n) is 9.52. The number of para-hydroxylation sites is 1. The molecule has 1 aromatic heterocycles. The van der Waals surface area contributed by atoms with Crippen molar-refractivity contribution >= 4 is 42.0 Å². The minimum absolute atomic E-state index is 0.0583. The predicted molar refractivity (Wildman–Crippen MR) is 159 cm³/mol. The lowest BCUT2D eigenvalue weighted by molar-refractivity contribution is -0.139. The Balaban J connectivity index is 1.61. The van der Waals surface area contributed by atoms with Crippen molar-refractivity contribution < 1.29 is 22.7 Å². The van der Waals surface area contributed by atoms with Gasteiger partial charge in [0, 0.05) is 53.7 Å². The number of hydrogen-bond donors (Lipinski definition) is 2. The SMILES string of the molecule is CC(=O)N1CCC(/C(=C/S)N/C(C)=N/c2ncc(Sc3ccc(C#N)cc3C(F)(F)F)cc2Oc2ccccc2)CC1. The van der Waals surface area contributed by atoms with Crippen LogP contribution >= 0.6 is 24.4 Å². The van der Waals surface area contributed by atoms with Crippen molar-refractivity contribution in [2.75, 3.05) is 13.1 Å². The Bertz CT molecular complexity index is 1530. The van der Waals surface area contributed by atoms with Crippen molar-refractivity contribution in [3.05, 3.63) is 83.0 Å². The number of alkyl halides is 3. The van der Waals surface area contributed by atoms with Crippen LogP contribution in [0.25, 0.3) is 0 Å². The molecule has 1 fully saturated rings. The highest BCUT2D eigenvalue weighted by molar-refractivity contribution is 7.99. The molecule has 2 heterocycles. The number of nitrogens with zero attached hydrogens (tertiary/aromatic N) is 4. The van der Waals surface area contributed by atoms with Gasteiger partial charge in [0.05, 0.1) is 17.2 Å². The largest absolute Gasteiger partial charge is 0.453 e. The molecule has 4 rings (SSSR count). The number of amides is 1. The lowest BCUT2D eigenvalue weighted by Gasteiger charge is -2.32. The summed E-state index contributed by atoms with van der Waals surface area (Å²) in [5, 5.41) is 14.1. The van der Waals surface area contributed by atoms with E-state index in [0.29, 0.717) is 29.6 Å². The van der Waals surface area contributed by atoms with E-state index in [1.54, 1.807) is 55.7 Å². The molecule has 0 radical (unpaired) electrons. The van der Waals surface area contributed by atoms with Gasteiger partial charge in [-0.05, 0) is 55.5 Å². The normalized spacial score (nSPS) is 14.8. The van der Waals surface area contributed by atoms with Crippen LogP contribution in [0.3, 0.4) is 0 Å². The lowest BCUT2D eigenvalue weighted by Crippen LogP contribution is -2.39. The fourth-order valence-electron chi connectivity index (χ4n) is 4.43. The van der Waals surface area contributed by atoms with Crippen LogP contribution in [0.1, 0.15) is 37.8 Å². The maximum atomic E-state index is 13.7. The van der Waals surface area contributed by atoms with E-state index in [1.807, 2.05) is 11.0 Å². The van der Waals surface area contributed by atoms with Gasteiger partial charge in [0.15, 0.2) is 11.6 Å². The quantitative estimate of drug-likeness (QED) is 0.163. The fraction of sp³-hybridized carbons (Fsp3) is 0.267. The zero-order chi connectivity index (χ0) is 30.3. The van der Waals surface area contributed by atoms with Gasteiger partial charge < -0.3 is 15.0 Å². The Hall–Kier alpha value is -3.95. The van der Waals surface area contributed by atoms with E-state index in [1.165, 1.54) is 18.3 Å². The average molecular weight is 612 g/mol. The zero-order valence-corrected chi connectivity index (χ0v) is 24.6. The zero-order valence-electron chi connectivity index (χ0n) is 22.9. The first kappa shape index (κ1) is 31.0. The van der Waals surface area contributed by atoms with E-state index >= 15 is 0 Å². The molecule has 3 aromatic rings. The first-order valence-electron chi connectivity index (χ1n) is 13.0. The second kappa shape index (κ2) is 13.8. The smallest absolute Gasteiger partial charge is 0.417 e. The number of pyridine rings is 1. The molecule has 0 aliphatic carbocycles. The van der Waals surface area contributed by atoms with Crippen LogP contribution in [0.2, 0.25) is 0 Å². The number of aliphatic imine (C=N–C) groups is 1. The Kier molecular flexibility index (Phi) is 10.2. The molecular weight excluding hydrogens is 583 g/mol. The molecule has 218 valence electrons. The molecule has 1 saturated heterocycles. The first-order chi connectivity index (χ1) is 20.1. The predicted octanol–water partition coefficient (Wildman–Crippen LogP) is 7.58. The Morgan fingerprint density at radius 2 is 1.90 bits per heavy atom. The number of carbonyl (C=O) groups is 1. The maximum Gasteiger partial charge on any atom is 0.417 e. The van der Waals surface area contributed by atoms with E-state index in [-0.39, 0.29) is 33.9 Å².